The van der Waals surface area contributed by atoms with E-state index in [1.165, 1.54) is 0 Å². The van der Waals surface area contributed by atoms with Gasteiger partial charge in [0.1, 0.15) is 9.20 Å². The van der Waals surface area contributed by atoms with Gasteiger partial charge in [0.25, 0.3) is 10.0 Å². The van der Waals surface area contributed by atoms with Gasteiger partial charge in [-0.25, -0.2) is 8.42 Å². The second-order valence-corrected chi connectivity index (χ2v) is 7.64. The third kappa shape index (κ3) is 2.67. The molecule has 0 atom stereocenters. The van der Waals surface area contributed by atoms with E-state index in [0.717, 1.165) is 30.6 Å². The van der Waals surface area contributed by atoms with Gasteiger partial charge in [-0.3, -0.25) is 0 Å². The number of rotatable bonds is 3. The lowest BCUT2D eigenvalue weighted by molar-refractivity contribution is 0.347. The Kier molecular flexibility index (Phi) is 3.82. The molecule has 1 saturated heterocycles. The third-order valence-corrected chi connectivity index (χ3v) is 6.57. The Morgan fingerprint density at radius 3 is 2.47 bits per heavy atom. The molecule has 0 aromatic carbocycles. The minimum Gasteiger partial charge on any atom is -0.389 e. The average molecular weight is 290 g/mol. The van der Waals surface area contributed by atoms with Crippen LogP contribution in [0.1, 0.15) is 24.1 Å². The zero-order valence-corrected chi connectivity index (χ0v) is 11.7. The molecule has 2 rings (SSSR count). The van der Waals surface area contributed by atoms with Crippen molar-refractivity contribution in [3.05, 3.63) is 17.0 Å². The Hall–Kier alpha value is -0.500. The van der Waals surface area contributed by atoms with Crippen LogP contribution < -0.4 is 5.73 Å². The van der Waals surface area contributed by atoms with Crippen molar-refractivity contribution in [2.24, 2.45) is 5.73 Å². The van der Waals surface area contributed by atoms with Crippen LogP contribution in [-0.4, -0.2) is 30.8 Å². The predicted octanol–water partition coefficient (Wildman–Crippen LogP) is 1.56. The molecule has 17 heavy (non-hydrogen) atoms. The number of nitrogens with two attached hydrogens (primary N) is 1. The quantitative estimate of drug-likeness (QED) is 0.858. The Balaban J connectivity index is 2.27. The molecule has 0 bridgehead atoms. The number of thiophene rings is 1. The van der Waals surface area contributed by atoms with Crippen molar-refractivity contribution < 1.29 is 8.42 Å². The first-order valence-corrected chi connectivity index (χ1v) is 8.08. The number of sulfonamides is 1. The molecule has 1 fully saturated rings. The number of thiocarbonyl (C=S) groups is 1. The zero-order valence-electron chi connectivity index (χ0n) is 9.26. The summed E-state index contributed by atoms with van der Waals surface area (Å²) in [5, 5.41) is 0. The van der Waals surface area contributed by atoms with Crippen LogP contribution in [0.25, 0.3) is 0 Å². The van der Waals surface area contributed by atoms with E-state index in [4.69, 9.17) is 18.0 Å². The lowest BCUT2D eigenvalue weighted by Crippen LogP contribution is -2.35. The van der Waals surface area contributed by atoms with Gasteiger partial charge in [0.15, 0.2) is 0 Å². The van der Waals surface area contributed by atoms with Crippen LogP contribution in [0, 0.1) is 0 Å². The summed E-state index contributed by atoms with van der Waals surface area (Å²) in [6, 6.07) is 3.26. The average Bonchev–Trinajstić information content (AvgIpc) is 2.80. The Bertz CT molecular complexity index is 515. The van der Waals surface area contributed by atoms with Crippen LogP contribution in [0.2, 0.25) is 0 Å². The second-order valence-electron chi connectivity index (χ2n) is 3.95. The van der Waals surface area contributed by atoms with Crippen molar-refractivity contribution in [1.82, 2.24) is 4.31 Å². The van der Waals surface area contributed by atoms with E-state index in [1.807, 2.05) is 0 Å². The summed E-state index contributed by atoms with van der Waals surface area (Å²) in [6.07, 6.45) is 2.98. The molecule has 1 aliphatic rings. The van der Waals surface area contributed by atoms with E-state index in [2.05, 4.69) is 0 Å². The Morgan fingerprint density at radius 2 is 1.94 bits per heavy atom. The minimum atomic E-state index is -3.34. The topological polar surface area (TPSA) is 63.4 Å². The van der Waals surface area contributed by atoms with Gasteiger partial charge >= 0.3 is 0 Å². The lowest BCUT2D eigenvalue weighted by atomic mass is 10.2. The van der Waals surface area contributed by atoms with Crippen molar-refractivity contribution in [1.29, 1.82) is 0 Å². The van der Waals surface area contributed by atoms with Gasteiger partial charge in [-0.1, -0.05) is 18.6 Å². The van der Waals surface area contributed by atoms with Gasteiger partial charge in [-0.2, -0.15) is 4.31 Å². The molecule has 1 aromatic heterocycles. The van der Waals surface area contributed by atoms with Crippen molar-refractivity contribution >= 4 is 38.6 Å². The molecule has 2 heterocycles. The predicted molar refractivity (Wildman–Crippen MR) is 72.8 cm³/mol. The van der Waals surface area contributed by atoms with Crippen molar-refractivity contribution in [2.75, 3.05) is 13.1 Å². The van der Waals surface area contributed by atoms with E-state index >= 15 is 0 Å². The maximum Gasteiger partial charge on any atom is 0.252 e. The molecule has 1 aromatic rings. The highest BCUT2D eigenvalue weighted by atomic mass is 32.2. The summed E-state index contributed by atoms with van der Waals surface area (Å²) >= 11 is 5.98. The van der Waals surface area contributed by atoms with Gasteiger partial charge in [-0.15, -0.1) is 11.3 Å². The van der Waals surface area contributed by atoms with Crippen molar-refractivity contribution in [3.8, 4) is 0 Å². The molecular formula is C10H14N2O2S3. The lowest BCUT2D eigenvalue weighted by Gasteiger charge is -2.25. The summed E-state index contributed by atoms with van der Waals surface area (Å²) in [6.45, 7) is 1.23. The summed E-state index contributed by atoms with van der Waals surface area (Å²) in [5.74, 6) is 0. The zero-order chi connectivity index (χ0) is 12.5. The number of nitrogens with zero attached hydrogens (tertiary/aromatic N) is 1. The highest BCUT2D eigenvalue weighted by Crippen LogP contribution is 2.26. The Morgan fingerprint density at radius 1 is 1.29 bits per heavy atom. The van der Waals surface area contributed by atoms with Gasteiger partial charge in [0, 0.05) is 13.1 Å². The number of piperidine rings is 1. The Labute approximate surface area is 110 Å². The van der Waals surface area contributed by atoms with Crippen LogP contribution >= 0.6 is 23.6 Å². The fraction of sp³-hybridized carbons (Fsp3) is 0.500. The summed E-state index contributed by atoms with van der Waals surface area (Å²) in [7, 11) is -3.34. The first-order chi connectivity index (χ1) is 8.01. The maximum absolute atomic E-state index is 12.3. The molecule has 1 aliphatic heterocycles. The molecule has 0 aliphatic carbocycles. The SMILES string of the molecule is NC(=S)c1ccc(S(=O)(=O)N2CCCCC2)s1. The molecule has 0 spiro atoms. The highest BCUT2D eigenvalue weighted by molar-refractivity contribution is 7.91. The van der Waals surface area contributed by atoms with Crippen LogP contribution in [0.15, 0.2) is 16.3 Å². The molecular weight excluding hydrogens is 276 g/mol. The largest absolute Gasteiger partial charge is 0.389 e. The van der Waals surface area contributed by atoms with E-state index in [1.54, 1.807) is 16.4 Å². The minimum absolute atomic E-state index is 0.245. The number of hydrogen-bond acceptors (Lipinski definition) is 4. The van der Waals surface area contributed by atoms with Crippen LogP contribution in [0.5, 0.6) is 0 Å². The highest BCUT2D eigenvalue weighted by Gasteiger charge is 2.27. The second kappa shape index (κ2) is 5.01. The van der Waals surface area contributed by atoms with Gasteiger partial charge in [-0.05, 0) is 25.0 Å². The maximum atomic E-state index is 12.3. The first-order valence-electron chi connectivity index (χ1n) is 5.41. The smallest absolute Gasteiger partial charge is 0.252 e. The van der Waals surface area contributed by atoms with Gasteiger partial charge < -0.3 is 5.73 Å². The third-order valence-electron chi connectivity index (χ3n) is 2.73. The molecule has 7 heteroatoms. The van der Waals surface area contributed by atoms with Crippen LogP contribution in [-0.2, 0) is 10.0 Å². The molecule has 94 valence electrons. The summed E-state index contributed by atoms with van der Waals surface area (Å²) in [4.78, 5) is 0.894. The molecule has 0 unspecified atom stereocenters. The standard InChI is InChI=1S/C10H14N2O2S3/c11-10(15)8-4-5-9(16-8)17(13,14)12-6-2-1-3-7-12/h4-5H,1-3,6-7H2,(H2,11,15). The molecule has 0 amide bonds. The number of hydrogen-bond donors (Lipinski definition) is 1. The van der Waals surface area contributed by atoms with E-state index < -0.39 is 10.0 Å². The molecule has 2 N–H and O–H groups in total. The van der Waals surface area contributed by atoms with E-state index in [-0.39, 0.29) is 4.99 Å². The molecule has 4 nitrogen and oxygen atoms in total. The molecule has 0 radical (unpaired) electrons. The first kappa shape index (κ1) is 12.9. The normalized spacial score (nSPS) is 18.1. The monoisotopic (exact) mass is 290 g/mol. The van der Waals surface area contributed by atoms with Crippen LogP contribution in [0.4, 0.5) is 0 Å². The van der Waals surface area contributed by atoms with E-state index in [9.17, 15) is 8.42 Å². The van der Waals surface area contributed by atoms with Crippen molar-refractivity contribution in [3.63, 3.8) is 0 Å². The van der Waals surface area contributed by atoms with E-state index in [0.29, 0.717) is 22.2 Å². The summed E-state index contributed by atoms with van der Waals surface area (Å²) < 4.78 is 26.4. The van der Waals surface area contributed by atoms with Crippen molar-refractivity contribution in [2.45, 2.75) is 23.5 Å². The summed E-state index contributed by atoms with van der Waals surface area (Å²) in [5.41, 5.74) is 5.48. The molecule has 0 saturated carbocycles. The fourth-order valence-electron chi connectivity index (χ4n) is 1.82. The van der Waals surface area contributed by atoms with Gasteiger partial charge in [0.2, 0.25) is 0 Å². The fourth-order valence-corrected chi connectivity index (χ4v) is 4.85. The van der Waals surface area contributed by atoms with Crippen LogP contribution in [0.3, 0.4) is 0 Å². The van der Waals surface area contributed by atoms with Gasteiger partial charge in [0.05, 0.1) is 4.88 Å².